The number of rotatable bonds is 4. The summed E-state index contributed by atoms with van der Waals surface area (Å²) in [6.45, 7) is 1.11. The first-order chi connectivity index (χ1) is 14.0. The molecule has 1 aliphatic heterocycles. The van der Waals surface area contributed by atoms with Crippen molar-refractivity contribution in [3.63, 3.8) is 0 Å². The number of nitrogens with one attached hydrogen (secondary N) is 1. The monoisotopic (exact) mass is 454 g/mol. The molecule has 0 radical (unpaired) electrons. The third-order valence-electron chi connectivity index (χ3n) is 4.91. The van der Waals surface area contributed by atoms with Gasteiger partial charge in [0.05, 0.1) is 18.9 Å². The molecule has 0 unspecified atom stereocenters. The van der Waals surface area contributed by atoms with E-state index in [1.165, 1.54) is 11.8 Å². The van der Waals surface area contributed by atoms with Crippen molar-refractivity contribution in [1.82, 2.24) is 4.90 Å². The first-order valence-electron chi connectivity index (χ1n) is 9.14. The molecule has 0 atom stereocenters. The molecule has 2 amide bonds. The average Bonchev–Trinajstić information content (AvgIpc) is 3.28. The van der Waals surface area contributed by atoms with Gasteiger partial charge in [-0.3, -0.25) is 9.59 Å². The quantitative estimate of drug-likeness (QED) is 0.629. The fourth-order valence-corrected chi connectivity index (χ4v) is 3.79. The van der Waals surface area contributed by atoms with Crippen molar-refractivity contribution >= 4 is 33.4 Å². The number of methoxy groups -OCH3 is 1. The van der Waals surface area contributed by atoms with Crippen LogP contribution in [0.5, 0.6) is 5.75 Å². The number of anilines is 1. The van der Waals surface area contributed by atoms with E-state index in [0.717, 1.165) is 12.0 Å². The Kier molecular flexibility index (Phi) is 5.40. The molecule has 2 heterocycles. The van der Waals surface area contributed by atoms with Crippen molar-refractivity contribution in [3.8, 4) is 5.75 Å². The number of nitrogens with zero attached hydrogens (tertiary/aromatic N) is 1. The highest BCUT2D eigenvalue weighted by atomic mass is 79.9. The zero-order valence-corrected chi connectivity index (χ0v) is 17.4. The lowest BCUT2D eigenvalue weighted by molar-refractivity contribution is 0.0702. The summed E-state index contributed by atoms with van der Waals surface area (Å²) in [6.07, 6.45) is 2.26. The largest absolute Gasteiger partial charge is 0.497 e. The number of furan rings is 1. The van der Waals surface area contributed by atoms with Gasteiger partial charge in [-0.1, -0.05) is 6.07 Å². The molecular formula is C22H19BrN2O4. The van der Waals surface area contributed by atoms with E-state index in [1.54, 1.807) is 42.3 Å². The fraction of sp³-hybridized carbons (Fsp3) is 0.182. The van der Waals surface area contributed by atoms with Crippen LogP contribution in [-0.2, 0) is 13.0 Å². The van der Waals surface area contributed by atoms with Gasteiger partial charge in [0.2, 0.25) is 0 Å². The van der Waals surface area contributed by atoms with Gasteiger partial charge in [-0.15, -0.1) is 0 Å². The van der Waals surface area contributed by atoms with Crippen molar-refractivity contribution in [2.45, 2.75) is 13.0 Å². The molecule has 0 saturated carbocycles. The second kappa shape index (κ2) is 8.13. The van der Waals surface area contributed by atoms with E-state index in [2.05, 4.69) is 21.2 Å². The number of carbonyl (C=O) groups excluding carboxylic acids is 2. The molecule has 1 N–H and O–H groups in total. The van der Waals surface area contributed by atoms with Gasteiger partial charge >= 0.3 is 0 Å². The molecule has 2 aromatic carbocycles. The van der Waals surface area contributed by atoms with Crippen molar-refractivity contribution < 1.29 is 18.7 Å². The first kappa shape index (κ1) is 19.3. The van der Waals surface area contributed by atoms with E-state index >= 15 is 0 Å². The van der Waals surface area contributed by atoms with Crippen LogP contribution in [0.25, 0.3) is 0 Å². The lowest BCUT2D eigenvalue weighted by Gasteiger charge is -2.28. The van der Waals surface area contributed by atoms with Crippen LogP contribution in [0.2, 0.25) is 0 Å². The summed E-state index contributed by atoms with van der Waals surface area (Å²) in [4.78, 5) is 27.0. The Hall–Kier alpha value is -3.06. The highest BCUT2D eigenvalue weighted by Gasteiger charge is 2.24. The molecule has 6 nitrogen and oxygen atoms in total. The van der Waals surface area contributed by atoms with E-state index < -0.39 is 0 Å². The zero-order chi connectivity index (χ0) is 20.4. The minimum Gasteiger partial charge on any atom is -0.497 e. The smallest absolute Gasteiger partial charge is 0.289 e. The third kappa shape index (κ3) is 4.05. The standard InChI is InChI=1S/C22H19BrN2O4/c1-28-17-6-7-19(23)18(12-17)21(26)24-16-5-4-14-8-9-25(13-15(14)11-16)22(27)20-3-2-10-29-20/h2-7,10-12H,8-9,13H2,1H3,(H,24,26). The van der Waals surface area contributed by atoms with Crippen LogP contribution in [0.4, 0.5) is 5.69 Å². The molecule has 0 fully saturated rings. The van der Waals surface area contributed by atoms with Crippen LogP contribution in [0.3, 0.4) is 0 Å². The topological polar surface area (TPSA) is 71.8 Å². The molecule has 0 aliphatic carbocycles. The lowest BCUT2D eigenvalue weighted by Crippen LogP contribution is -2.35. The Balaban J connectivity index is 1.52. The van der Waals surface area contributed by atoms with Gasteiger partial charge in [0.15, 0.2) is 5.76 Å². The number of hydrogen-bond donors (Lipinski definition) is 1. The number of benzene rings is 2. The molecular weight excluding hydrogens is 436 g/mol. The number of fused-ring (bicyclic) bond motifs is 1. The molecule has 1 aliphatic rings. The van der Waals surface area contributed by atoms with Gasteiger partial charge in [-0.25, -0.2) is 0 Å². The van der Waals surface area contributed by atoms with Crippen LogP contribution < -0.4 is 10.1 Å². The molecule has 0 bridgehead atoms. The van der Waals surface area contributed by atoms with Gasteiger partial charge in [-0.05, 0) is 75.9 Å². The maximum atomic E-state index is 12.7. The average molecular weight is 455 g/mol. The predicted octanol–water partition coefficient (Wildman–Crippen LogP) is 4.50. The molecule has 1 aromatic heterocycles. The molecule has 4 rings (SSSR count). The predicted molar refractivity (Wildman–Crippen MR) is 112 cm³/mol. The van der Waals surface area contributed by atoms with Gasteiger partial charge in [0, 0.05) is 23.2 Å². The van der Waals surface area contributed by atoms with E-state index in [0.29, 0.717) is 40.3 Å². The summed E-state index contributed by atoms with van der Waals surface area (Å²) < 4.78 is 11.1. The van der Waals surface area contributed by atoms with Crippen LogP contribution >= 0.6 is 15.9 Å². The third-order valence-corrected chi connectivity index (χ3v) is 5.61. The molecule has 7 heteroatoms. The Morgan fingerprint density at radius 2 is 2.00 bits per heavy atom. The van der Waals surface area contributed by atoms with Crippen LogP contribution in [0.1, 0.15) is 32.0 Å². The summed E-state index contributed by atoms with van der Waals surface area (Å²) >= 11 is 3.41. The molecule has 29 heavy (non-hydrogen) atoms. The number of amides is 2. The first-order valence-corrected chi connectivity index (χ1v) is 9.94. The molecule has 0 spiro atoms. The second-order valence-corrected chi connectivity index (χ2v) is 7.59. The zero-order valence-electron chi connectivity index (χ0n) is 15.8. The number of ether oxygens (including phenoxy) is 1. The van der Waals surface area contributed by atoms with Gasteiger partial charge in [0.1, 0.15) is 5.75 Å². The van der Waals surface area contributed by atoms with Gasteiger partial charge < -0.3 is 19.4 Å². The van der Waals surface area contributed by atoms with Gasteiger partial charge in [-0.2, -0.15) is 0 Å². The summed E-state index contributed by atoms with van der Waals surface area (Å²) in [5.41, 5.74) is 3.35. The van der Waals surface area contributed by atoms with Crippen LogP contribution in [0, 0.1) is 0 Å². The fourth-order valence-electron chi connectivity index (χ4n) is 3.37. The van der Waals surface area contributed by atoms with E-state index in [4.69, 9.17) is 9.15 Å². The minimum atomic E-state index is -0.241. The Bertz CT molecular complexity index is 1060. The Labute approximate surface area is 176 Å². The van der Waals surface area contributed by atoms with Crippen molar-refractivity contribution in [2.75, 3.05) is 19.0 Å². The van der Waals surface area contributed by atoms with Crippen LogP contribution in [-0.4, -0.2) is 30.4 Å². The molecule has 0 saturated heterocycles. The van der Waals surface area contributed by atoms with E-state index in [9.17, 15) is 9.59 Å². The second-order valence-electron chi connectivity index (χ2n) is 6.74. The maximum Gasteiger partial charge on any atom is 0.289 e. The van der Waals surface area contributed by atoms with Crippen LogP contribution in [0.15, 0.2) is 63.7 Å². The lowest BCUT2D eigenvalue weighted by atomic mass is 9.98. The normalized spacial score (nSPS) is 13.0. The number of hydrogen-bond acceptors (Lipinski definition) is 4. The highest BCUT2D eigenvalue weighted by molar-refractivity contribution is 9.10. The highest BCUT2D eigenvalue weighted by Crippen LogP contribution is 2.26. The maximum absolute atomic E-state index is 12.7. The van der Waals surface area contributed by atoms with E-state index in [-0.39, 0.29) is 11.8 Å². The summed E-state index contributed by atoms with van der Waals surface area (Å²) in [5.74, 6) is 0.571. The Morgan fingerprint density at radius 1 is 1.14 bits per heavy atom. The Morgan fingerprint density at radius 3 is 2.76 bits per heavy atom. The minimum absolute atomic E-state index is 0.129. The summed E-state index contributed by atoms with van der Waals surface area (Å²) in [5, 5.41) is 2.93. The van der Waals surface area contributed by atoms with Gasteiger partial charge in [0.25, 0.3) is 11.8 Å². The van der Waals surface area contributed by atoms with Crippen molar-refractivity contribution in [2.24, 2.45) is 0 Å². The van der Waals surface area contributed by atoms with Crippen molar-refractivity contribution in [3.05, 3.63) is 81.7 Å². The summed E-state index contributed by atoms with van der Waals surface area (Å²) in [7, 11) is 1.56. The van der Waals surface area contributed by atoms with E-state index in [1.807, 2.05) is 18.2 Å². The number of halogens is 1. The molecule has 3 aromatic rings. The summed E-state index contributed by atoms with van der Waals surface area (Å²) in [6, 6.07) is 14.4. The molecule has 148 valence electrons. The number of carbonyl (C=O) groups is 2. The SMILES string of the molecule is COc1ccc(Br)c(C(=O)Nc2ccc3c(c2)CN(C(=O)c2ccco2)CC3)c1. The van der Waals surface area contributed by atoms with Crippen molar-refractivity contribution in [1.29, 1.82) is 0 Å².